The van der Waals surface area contributed by atoms with Crippen LogP contribution in [0.3, 0.4) is 0 Å². The fourth-order valence-electron chi connectivity index (χ4n) is 3.26. The molecule has 3 aromatic rings. The number of nitrogens with zero attached hydrogens (tertiary/aromatic N) is 2. The topological polar surface area (TPSA) is 49.0 Å². The summed E-state index contributed by atoms with van der Waals surface area (Å²) >= 11 is 12.1. The molecular weight excluding hydrogens is 388 g/mol. The Labute approximate surface area is 165 Å². The maximum absolute atomic E-state index is 13.2. The average molecular weight is 404 g/mol. The highest BCUT2D eigenvalue weighted by molar-refractivity contribution is 6.31. The Hall–Kier alpha value is -2.21. The summed E-state index contributed by atoms with van der Waals surface area (Å²) in [5, 5.41) is 1.03. The van der Waals surface area contributed by atoms with Gasteiger partial charge in [0.05, 0.1) is 5.69 Å². The number of hydrogen-bond donors (Lipinski definition) is 1. The molecule has 7 heteroatoms. The van der Waals surface area contributed by atoms with E-state index in [4.69, 9.17) is 23.2 Å². The second-order valence-electron chi connectivity index (χ2n) is 6.54. The van der Waals surface area contributed by atoms with E-state index in [1.165, 1.54) is 12.1 Å². The minimum Gasteiger partial charge on any atom is -0.306 e. The molecular formula is C20H16Cl2FN3O. The van der Waals surface area contributed by atoms with E-state index in [1.54, 1.807) is 18.2 Å². The van der Waals surface area contributed by atoms with E-state index < -0.39 is 0 Å². The summed E-state index contributed by atoms with van der Waals surface area (Å²) in [5.74, 6) is 0.172. The van der Waals surface area contributed by atoms with Gasteiger partial charge in [-0.25, -0.2) is 9.37 Å². The number of halogens is 3. The number of aromatic nitrogens is 2. The van der Waals surface area contributed by atoms with Crippen LogP contribution >= 0.6 is 23.2 Å². The van der Waals surface area contributed by atoms with E-state index in [0.717, 1.165) is 16.8 Å². The maximum Gasteiger partial charge on any atom is 0.254 e. The zero-order valence-electron chi connectivity index (χ0n) is 14.3. The molecule has 0 fully saturated rings. The Kier molecular flexibility index (Phi) is 5.00. The van der Waals surface area contributed by atoms with Crippen LogP contribution in [-0.2, 0) is 19.5 Å². The van der Waals surface area contributed by atoms with Crippen molar-refractivity contribution < 1.29 is 4.39 Å². The van der Waals surface area contributed by atoms with Gasteiger partial charge in [0.2, 0.25) is 0 Å². The largest absolute Gasteiger partial charge is 0.306 e. The molecule has 1 N–H and O–H groups in total. The Balaban J connectivity index is 1.61. The summed E-state index contributed by atoms with van der Waals surface area (Å²) in [4.78, 5) is 22.2. The number of rotatable bonds is 3. The van der Waals surface area contributed by atoms with Gasteiger partial charge < -0.3 is 4.98 Å². The van der Waals surface area contributed by atoms with E-state index in [1.807, 2.05) is 12.1 Å². The molecule has 27 heavy (non-hydrogen) atoms. The van der Waals surface area contributed by atoms with E-state index in [0.29, 0.717) is 47.5 Å². The Morgan fingerprint density at radius 2 is 1.93 bits per heavy atom. The van der Waals surface area contributed by atoms with Crippen molar-refractivity contribution in [1.29, 1.82) is 0 Å². The van der Waals surface area contributed by atoms with E-state index in [2.05, 4.69) is 14.9 Å². The first-order chi connectivity index (χ1) is 13.0. The molecule has 0 bridgehead atoms. The molecule has 0 amide bonds. The van der Waals surface area contributed by atoms with Crippen molar-refractivity contribution in [3.8, 4) is 11.4 Å². The van der Waals surface area contributed by atoms with Gasteiger partial charge in [-0.15, -0.1) is 0 Å². The molecule has 2 aromatic carbocycles. The molecule has 0 unspecified atom stereocenters. The normalized spacial score (nSPS) is 14.2. The second-order valence-corrected chi connectivity index (χ2v) is 7.39. The summed E-state index contributed by atoms with van der Waals surface area (Å²) in [6, 6.07) is 11.6. The standard InChI is InChI=1S/C20H16Cl2FN3O/c21-14-4-1-12(2-5-14)19-24-18-11-26(8-7-16(18)20(27)25-19)10-13-3-6-15(23)9-17(13)22/h1-6,9H,7-8,10-11H2,(H,24,25,27). The van der Waals surface area contributed by atoms with Crippen LogP contribution in [0.25, 0.3) is 11.4 Å². The number of hydrogen-bond acceptors (Lipinski definition) is 3. The third-order valence-corrected chi connectivity index (χ3v) is 5.28. The lowest BCUT2D eigenvalue weighted by atomic mass is 10.0. The van der Waals surface area contributed by atoms with Crippen LogP contribution in [0.4, 0.5) is 4.39 Å². The number of fused-ring (bicyclic) bond motifs is 1. The Morgan fingerprint density at radius 1 is 1.15 bits per heavy atom. The van der Waals surface area contributed by atoms with Gasteiger partial charge in [0, 0.05) is 40.8 Å². The fourth-order valence-corrected chi connectivity index (χ4v) is 3.62. The first-order valence-corrected chi connectivity index (χ1v) is 9.29. The zero-order valence-corrected chi connectivity index (χ0v) is 15.8. The number of nitrogens with one attached hydrogen (secondary N) is 1. The van der Waals surface area contributed by atoms with Crippen LogP contribution in [-0.4, -0.2) is 21.4 Å². The van der Waals surface area contributed by atoms with Crippen LogP contribution in [0.1, 0.15) is 16.8 Å². The van der Waals surface area contributed by atoms with E-state index in [-0.39, 0.29) is 11.4 Å². The third-order valence-electron chi connectivity index (χ3n) is 4.68. The highest BCUT2D eigenvalue weighted by Gasteiger charge is 2.22. The SMILES string of the molecule is O=c1[nH]c(-c2ccc(Cl)cc2)nc2c1CCN(Cc1ccc(F)cc1Cl)C2. The predicted octanol–water partition coefficient (Wildman–Crippen LogP) is 4.44. The Bertz CT molecular complexity index is 1050. The van der Waals surface area contributed by atoms with Crippen molar-refractivity contribution in [1.82, 2.24) is 14.9 Å². The van der Waals surface area contributed by atoms with Gasteiger partial charge in [0.15, 0.2) is 0 Å². The minimum atomic E-state index is -0.353. The zero-order chi connectivity index (χ0) is 19.0. The second kappa shape index (κ2) is 7.43. The van der Waals surface area contributed by atoms with Crippen LogP contribution < -0.4 is 5.56 Å². The van der Waals surface area contributed by atoms with Gasteiger partial charge in [-0.05, 0) is 48.4 Å². The monoisotopic (exact) mass is 403 g/mol. The summed E-state index contributed by atoms with van der Waals surface area (Å²) in [7, 11) is 0. The molecule has 0 saturated carbocycles. The molecule has 138 valence electrons. The molecule has 0 saturated heterocycles. The molecule has 4 rings (SSSR count). The van der Waals surface area contributed by atoms with Gasteiger partial charge in [-0.3, -0.25) is 9.69 Å². The molecule has 1 aliphatic heterocycles. The van der Waals surface area contributed by atoms with Gasteiger partial charge in [0.1, 0.15) is 11.6 Å². The smallest absolute Gasteiger partial charge is 0.254 e. The molecule has 0 aliphatic carbocycles. The highest BCUT2D eigenvalue weighted by atomic mass is 35.5. The average Bonchev–Trinajstić information content (AvgIpc) is 2.64. The molecule has 4 nitrogen and oxygen atoms in total. The molecule has 2 heterocycles. The van der Waals surface area contributed by atoms with Crippen molar-refractivity contribution in [2.24, 2.45) is 0 Å². The minimum absolute atomic E-state index is 0.107. The highest BCUT2D eigenvalue weighted by Crippen LogP contribution is 2.24. The number of H-pyrrole nitrogens is 1. The van der Waals surface area contributed by atoms with E-state index in [9.17, 15) is 9.18 Å². The summed E-state index contributed by atoms with van der Waals surface area (Å²) in [5.41, 5.74) is 3.02. The fraction of sp³-hybridized carbons (Fsp3) is 0.200. The quantitative estimate of drug-likeness (QED) is 0.702. The number of benzene rings is 2. The lowest BCUT2D eigenvalue weighted by molar-refractivity contribution is 0.240. The third kappa shape index (κ3) is 3.90. The Morgan fingerprint density at radius 3 is 2.67 bits per heavy atom. The maximum atomic E-state index is 13.2. The van der Waals surface area contributed by atoms with Gasteiger partial charge in [-0.2, -0.15) is 0 Å². The predicted molar refractivity (Wildman–Crippen MR) is 105 cm³/mol. The van der Waals surface area contributed by atoms with Gasteiger partial charge in [0.25, 0.3) is 5.56 Å². The summed E-state index contributed by atoms with van der Waals surface area (Å²) in [6.07, 6.45) is 0.609. The molecule has 0 radical (unpaired) electrons. The lowest BCUT2D eigenvalue weighted by Gasteiger charge is -2.28. The van der Waals surface area contributed by atoms with Crippen molar-refractivity contribution in [3.05, 3.63) is 85.5 Å². The van der Waals surface area contributed by atoms with Crippen molar-refractivity contribution in [2.45, 2.75) is 19.5 Å². The molecule has 0 spiro atoms. The van der Waals surface area contributed by atoms with Gasteiger partial charge in [-0.1, -0.05) is 29.3 Å². The van der Waals surface area contributed by atoms with E-state index >= 15 is 0 Å². The van der Waals surface area contributed by atoms with Crippen molar-refractivity contribution in [2.75, 3.05) is 6.54 Å². The van der Waals surface area contributed by atoms with Crippen molar-refractivity contribution >= 4 is 23.2 Å². The van der Waals surface area contributed by atoms with Crippen LogP contribution in [0.15, 0.2) is 47.3 Å². The number of aromatic amines is 1. The van der Waals surface area contributed by atoms with Crippen LogP contribution in [0.2, 0.25) is 10.0 Å². The summed E-state index contributed by atoms with van der Waals surface area (Å²) < 4.78 is 13.2. The summed E-state index contributed by atoms with van der Waals surface area (Å²) in [6.45, 7) is 1.82. The van der Waals surface area contributed by atoms with Crippen LogP contribution in [0, 0.1) is 5.82 Å². The van der Waals surface area contributed by atoms with Crippen LogP contribution in [0.5, 0.6) is 0 Å². The first-order valence-electron chi connectivity index (χ1n) is 8.54. The van der Waals surface area contributed by atoms with Gasteiger partial charge >= 0.3 is 0 Å². The first kappa shape index (κ1) is 18.2. The molecule has 1 aromatic heterocycles. The molecule has 1 aliphatic rings. The molecule has 0 atom stereocenters. The lowest BCUT2D eigenvalue weighted by Crippen LogP contribution is -2.35. The van der Waals surface area contributed by atoms with Crippen molar-refractivity contribution in [3.63, 3.8) is 0 Å².